The second-order valence-electron chi connectivity index (χ2n) is 6.28. The number of benzene rings is 3. The molecule has 6 heteroatoms. The van der Waals surface area contributed by atoms with E-state index in [-0.39, 0.29) is 23.8 Å². The Morgan fingerprint density at radius 3 is 2.61 bits per heavy atom. The Morgan fingerprint density at radius 2 is 1.82 bits per heavy atom. The molecule has 0 aliphatic carbocycles. The first kappa shape index (κ1) is 19.6. The van der Waals surface area contributed by atoms with Crippen LogP contribution in [0, 0.1) is 0 Å². The Kier molecular flexibility index (Phi) is 6.42. The average Bonchev–Trinajstić information content (AvgIpc) is 2.68. The molecule has 0 saturated carbocycles. The number of alkyl halides is 2. The predicted octanol–water partition coefficient (Wildman–Crippen LogP) is 4.35. The first-order chi connectivity index (χ1) is 13.6. The van der Waals surface area contributed by atoms with Crippen LogP contribution in [0.2, 0.25) is 0 Å². The van der Waals surface area contributed by atoms with Crippen LogP contribution in [-0.2, 0) is 17.6 Å². The summed E-state index contributed by atoms with van der Waals surface area (Å²) in [5.41, 5.74) is 1.73. The molecule has 1 N–H and O–H groups in total. The summed E-state index contributed by atoms with van der Waals surface area (Å²) < 4.78 is 34.5. The number of hydrogen-bond acceptors (Lipinski definition) is 3. The van der Waals surface area contributed by atoms with Crippen molar-refractivity contribution in [3.63, 3.8) is 0 Å². The van der Waals surface area contributed by atoms with Gasteiger partial charge in [-0.15, -0.1) is 0 Å². The zero-order valence-electron chi connectivity index (χ0n) is 15.5. The molecular formula is C22H21F2NO3. The fraction of sp³-hybridized carbons (Fsp3) is 0.227. The molecule has 0 atom stereocenters. The van der Waals surface area contributed by atoms with E-state index in [4.69, 9.17) is 4.74 Å². The van der Waals surface area contributed by atoms with E-state index in [0.29, 0.717) is 13.0 Å². The van der Waals surface area contributed by atoms with Gasteiger partial charge in [-0.25, -0.2) is 0 Å². The topological polar surface area (TPSA) is 47.6 Å². The zero-order chi connectivity index (χ0) is 19.9. The van der Waals surface area contributed by atoms with Gasteiger partial charge >= 0.3 is 6.61 Å². The monoisotopic (exact) mass is 385 g/mol. The Bertz CT molecular complexity index is 954. The molecule has 3 rings (SSSR count). The smallest absolute Gasteiger partial charge is 0.387 e. The molecule has 0 aliphatic heterocycles. The second kappa shape index (κ2) is 9.17. The van der Waals surface area contributed by atoms with Crippen LogP contribution in [0.3, 0.4) is 0 Å². The maximum atomic E-state index is 12.5. The SMILES string of the molecule is COc1ccc(CCNC(=O)Cc2cccc3ccccc23)cc1OC(F)F. The van der Waals surface area contributed by atoms with Crippen LogP contribution in [0.1, 0.15) is 11.1 Å². The summed E-state index contributed by atoms with van der Waals surface area (Å²) in [5.74, 6) is 0.134. The molecule has 4 nitrogen and oxygen atoms in total. The highest BCUT2D eigenvalue weighted by atomic mass is 19.3. The lowest BCUT2D eigenvalue weighted by molar-refractivity contribution is -0.120. The van der Waals surface area contributed by atoms with Gasteiger partial charge in [0.1, 0.15) is 0 Å². The molecule has 0 fully saturated rings. The Labute approximate surface area is 162 Å². The number of carbonyl (C=O) groups excluding carboxylic acids is 1. The van der Waals surface area contributed by atoms with Crippen LogP contribution in [0.25, 0.3) is 10.8 Å². The van der Waals surface area contributed by atoms with E-state index in [1.54, 1.807) is 12.1 Å². The standard InChI is InChI=1S/C22H21F2NO3/c1-27-19-10-9-15(13-20(19)28-22(23)24)11-12-25-21(26)14-17-7-4-6-16-5-2-3-8-18(16)17/h2-10,13,22H,11-12,14H2,1H3,(H,25,26). The van der Waals surface area contributed by atoms with Crippen molar-refractivity contribution in [3.8, 4) is 11.5 Å². The van der Waals surface area contributed by atoms with E-state index < -0.39 is 6.61 Å². The van der Waals surface area contributed by atoms with Crippen molar-refractivity contribution < 1.29 is 23.0 Å². The lowest BCUT2D eigenvalue weighted by Gasteiger charge is -2.12. The molecule has 0 bridgehead atoms. The molecule has 0 aromatic heterocycles. The molecular weight excluding hydrogens is 364 g/mol. The molecule has 1 amide bonds. The minimum Gasteiger partial charge on any atom is -0.493 e. The van der Waals surface area contributed by atoms with Crippen molar-refractivity contribution in [2.75, 3.05) is 13.7 Å². The Balaban J connectivity index is 1.58. The van der Waals surface area contributed by atoms with Gasteiger partial charge in [-0.1, -0.05) is 48.5 Å². The zero-order valence-corrected chi connectivity index (χ0v) is 15.5. The van der Waals surface area contributed by atoms with Gasteiger partial charge < -0.3 is 14.8 Å². The predicted molar refractivity (Wildman–Crippen MR) is 104 cm³/mol. The summed E-state index contributed by atoms with van der Waals surface area (Å²) in [4.78, 5) is 12.3. The molecule has 3 aromatic rings. The Morgan fingerprint density at radius 1 is 1.04 bits per heavy atom. The third kappa shape index (κ3) is 4.97. The van der Waals surface area contributed by atoms with E-state index in [9.17, 15) is 13.6 Å². The average molecular weight is 385 g/mol. The lowest BCUT2D eigenvalue weighted by atomic mass is 10.0. The molecule has 146 valence electrons. The first-order valence-corrected chi connectivity index (χ1v) is 8.92. The fourth-order valence-electron chi connectivity index (χ4n) is 3.09. The van der Waals surface area contributed by atoms with Crippen LogP contribution >= 0.6 is 0 Å². The van der Waals surface area contributed by atoms with Crippen LogP contribution in [0.5, 0.6) is 11.5 Å². The van der Waals surface area contributed by atoms with Gasteiger partial charge in [0.2, 0.25) is 5.91 Å². The summed E-state index contributed by atoms with van der Waals surface area (Å²) >= 11 is 0. The van der Waals surface area contributed by atoms with Gasteiger partial charge in [-0.3, -0.25) is 4.79 Å². The van der Waals surface area contributed by atoms with Crippen molar-refractivity contribution in [2.45, 2.75) is 19.5 Å². The van der Waals surface area contributed by atoms with Crippen molar-refractivity contribution >= 4 is 16.7 Å². The summed E-state index contributed by atoms with van der Waals surface area (Å²) in [6, 6.07) is 18.7. The third-order valence-electron chi connectivity index (χ3n) is 4.41. The summed E-state index contributed by atoms with van der Waals surface area (Å²) in [6.45, 7) is -2.53. The van der Waals surface area contributed by atoms with Crippen molar-refractivity contribution in [1.29, 1.82) is 0 Å². The number of rotatable bonds is 8. The first-order valence-electron chi connectivity index (χ1n) is 8.92. The highest BCUT2D eigenvalue weighted by molar-refractivity contribution is 5.90. The van der Waals surface area contributed by atoms with Crippen LogP contribution in [0.4, 0.5) is 8.78 Å². The van der Waals surface area contributed by atoms with Gasteiger partial charge in [0.25, 0.3) is 0 Å². The van der Waals surface area contributed by atoms with Crippen molar-refractivity contribution in [3.05, 3.63) is 71.8 Å². The second-order valence-corrected chi connectivity index (χ2v) is 6.28. The van der Waals surface area contributed by atoms with Crippen LogP contribution in [0.15, 0.2) is 60.7 Å². The van der Waals surface area contributed by atoms with E-state index in [2.05, 4.69) is 10.1 Å². The highest BCUT2D eigenvalue weighted by Crippen LogP contribution is 2.29. The third-order valence-corrected chi connectivity index (χ3v) is 4.41. The summed E-state index contributed by atoms with van der Waals surface area (Å²) in [5, 5.41) is 5.03. The molecule has 28 heavy (non-hydrogen) atoms. The molecule has 0 unspecified atom stereocenters. The number of amides is 1. The normalized spacial score (nSPS) is 10.9. The molecule has 0 aliphatic rings. The molecule has 0 spiro atoms. The van der Waals surface area contributed by atoms with E-state index in [1.165, 1.54) is 13.2 Å². The molecule has 0 heterocycles. The van der Waals surface area contributed by atoms with E-state index in [1.807, 2.05) is 42.5 Å². The number of methoxy groups -OCH3 is 1. The highest BCUT2D eigenvalue weighted by Gasteiger charge is 2.12. The largest absolute Gasteiger partial charge is 0.493 e. The van der Waals surface area contributed by atoms with E-state index >= 15 is 0 Å². The summed E-state index contributed by atoms with van der Waals surface area (Å²) in [6.07, 6.45) is 0.772. The molecule has 0 radical (unpaired) electrons. The lowest BCUT2D eigenvalue weighted by Crippen LogP contribution is -2.27. The number of nitrogens with one attached hydrogen (secondary N) is 1. The van der Waals surface area contributed by atoms with Crippen LogP contribution in [-0.4, -0.2) is 26.2 Å². The fourth-order valence-corrected chi connectivity index (χ4v) is 3.09. The van der Waals surface area contributed by atoms with Gasteiger partial charge in [0.15, 0.2) is 11.5 Å². The van der Waals surface area contributed by atoms with Crippen molar-refractivity contribution in [2.24, 2.45) is 0 Å². The molecule has 0 saturated heterocycles. The van der Waals surface area contributed by atoms with Gasteiger partial charge in [-0.2, -0.15) is 8.78 Å². The van der Waals surface area contributed by atoms with Crippen molar-refractivity contribution in [1.82, 2.24) is 5.32 Å². The maximum Gasteiger partial charge on any atom is 0.387 e. The minimum atomic E-state index is -2.93. The van der Waals surface area contributed by atoms with Gasteiger partial charge in [0, 0.05) is 6.54 Å². The summed E-state index contributed by atoms with van der Waals surface area (Å²) in [7, 11) is 1.39. The number of fused-ring (bicyclic) bond motifs is 1. The number of ether oxygens (including phenoxy) is 2. The quantitative estimate of drug-likeness (QED) is 0.627. The van der Waals surface area contributed by atoms with Crippen LogP contribution < -0.4 is 14.8 Å². The van der Waals surface area contributed by atoms with Gasteiger partial charge in [-0.05, 0) is 40.5 Å². The Hall–Kier alpha value is -3.15. The number of carbonyl (C=O) groups is 1. The number of halogens is 2. The maximum absolute atomic E-state index is 12.5. The minimum absolute atomic E-state index is 0.0166. The molecule has 3 aromatic carbocycles. The van der Waals surface area contributed by atoms with E-state index in [0.717, 1.165) is 21.9 Å². The number of hydrogen-bond donors (Lipinski definition) is 1. The van der Waals surface area contributed by atoms with Gasteiger partial charge in [0.05, 0.1) is 13.5 Å².